The van der Waals surface area contributed by atoms with E-state index in [1.165, 1.54) is 24.8 Å². The summed E-state index contributed by atoms with van der Waals surface area (Å²) in [6, 6.07) is 10.8. The molecule has 3 rings (SSSR count). The average molecular weight is 287 g/mol. The molecule has 0 radical (unpaired) electrons. The Balaban J connectivity index is 1.74. The van der Waals surface area contributed by atoms with Crippen LogP contribution in [-0.2, 0) is 16.1 Å². The zero-order valence-electron chi connectivity index (χ0n) is 12.7. The SMILES string of the molecule is O=C(C1CCOC1)N(Cc1ccccc1)C1CCCCC1. The molecule has 0 aromatic heterocycles. The van der Waals surface area contributed by atoms with Crippen LogP contribution in [0.1, 0.15) is 44.1 Å². The van der Waals surface area contributed by atoms with E-state index in [0.29, 0.717) is 18.6 Å². The highest BCUT2D eigenvalue weighted by Crippen LogP contribution is 2.27. The van der Waals surface area contributed by atoms with E-state index in [0.717, 1.165) is 32.4 Å². The van der Waals surface area contributed by atoms with Gasteiger partial charge in [-0.15, -0.1) is 0 Å². The topological polar surface area (TPSA) is 29.5 Å². The van der Waals surface area contributed by atoms with E-state index in [1.54, 1.807) is 0 Å². The Morgan fingerprint density at radius 2 is 1.86 bits per heavy atom. The lowest BCUT2D eigenvalue weighted by Crippen LogP contribution is -2.44. The molecule has 0 spiro atoms. The number of hydrogen-bond acceptors (Lipinski definition) is 2. The summed E-state index contributed by atoms with van der Waals surface area (Å²) in [7, 11) is 0. The minimum Gasteiger partial charge on any atom is -0.381 e. The molecule has 1 heterocycles. The normalized spacial score (nSPS) is 23.1. The molecule has 1 unspecified atom stereocenters. The molecule has 0 bridgehead atoms. The summed E-state index contributed by atoms with van der Waals surface area (Å²) in [4.78, 5) is 15.0. The third kappa shape index (κ3) is 3.65. The summed E-state index contributed by atoms with van der Waals surface area (Å²) in [5.41, 5.74) is 1.23. The molecule has 0 N–H and O–H groups in total. The summed E-state index contributed by atoms with van der Waals surface area (Å²) in [6.45, 7) is 2.10. The lowest BCUT2D eigenvalue weighted by atomic mass is 9.92. The third-order valence-corrected chi connectivity index (χ3v) is 4.77. The van der Waals surface area contributed by atoms with Crippen molar-refractivity contribution in [3.8, 4) is 0 Å². The van der Waals surface area contributed by atoms with Crippen LogP contribution in [-0.4, -0.2) is 30.1 Å². The molecule has 3 heteroatoms. The number of carbonyl (C=O) groups is 1. The quantitative estimate of drug-likeness (QED) is 0.849. The Bertz CT molecular complexity index is 448. The molecule has 1 aromatic carbocycles. The van der Waals surface area contributed by atoms with E-state index < -0.39 is 0 Å². The lowest BCUT2D eigenvalue weighted by molar-refractivity contribution is -0.139. The predicted molar refractivity (Wildman–Crippen MR) is 82.8 cm³/mol. The van der Waals surface area contributed by atoms with Crippen LogP contribution in [0.2, 0.25) is 0 Å². The lowest BCUT2D eigenvalue weighted by Gasteiger charge is -2.36. The summed E-state index contributed by atoms with van der Waals surface area (Å²) in [5, 5.41) is 0. The molecule has 1 atom stereocenters. The van der Waals surface area contributed by atoms with Crippen molar-refractivity contribution < 1.29 is 9.53 Å². The van der Waals surface area contributed by atoms with Crippen molar-refractivity contribution in [1.29, 1.82) is 0 Å². The van der Waals surface area contributed by atoms with Crippen LogP contribution in [0.15, 0.2) is 30.3 Å². The third-order valence-electron chi connectivity index (χ3n) is 4.77. The fourth-order valence-corrected chi connectivity index (χ4v) is 3.52. The van der Waals surface area contributed by atoms with E-state index in [9.17, 15) is 4.79 Å². The molecule has 2 fully saturated rings. The molecule has 1 saturated carbocycles. The van der Waals surface area contributed by atoms with Crippen LogP contribution in [0.25, 0.3) is 0 Å². The Labute approximate surface area is 127 Å². The van der Waals surface area contributed by atoms with Gasteiger partial charge in [0.2, 0.25) is 5.91 Å². The summed E-state index contributed by atoms with van der Waals surface area (Å²) >= 11 is 0. The second-order valence-corrected chi connectivity index (χ2v) is 6.30. The second-order valence-electron chi connectivity index (χ2n) is 6.30. The number of nitrogens with zero attached hydrogens (tertiary/aromatic N) is 1. The van der Waals surface area contributed by atoms with Gasteiger partial charge < -0.3 is 9.64 Å². The fourth-order valence-electron chi connectivity index (χ4n) is 3.52. The zero-order valence-corrected chi connectivity index (χ0v) is 12.7. The van der Waals surface area contributed by atoms with E-state index in [2.05, 4.69) is 29.2 Å². The van der Waals surface area contributed by atoms with Crippen LogP contribution in [0.4, 0.5) is 0 Å². The molecular weight excluding hydrogens is 262 g/mol. The molecule has 1 amide bonds. The molecule has 3 nitrogen and oxygen atoms in total. The Kier molecular flexibility index (Phi) is 4.91. The van der Waals surface area contributed by atoms with Crippen molar-refractivity contribution in [2.45, 2.75) is 51.1 Å². The summed E-state index contributed by atoms with van der Waals surface area (Å²) in [5.74, 6) is 0.388. The molecule has 1 saturated heterocycles. The van der Waals surface area contributed by atoms with Crippen molar-refractivity contribution in [2.75, 3.05) is 13.2 Å². The number of hydrogen-bond donors (Lipinski definition) is 0. The Morgan fingerprint density at radius 3 is 2.52 bits per heavy atom. The van der Waals surface area contributed by atoms with Crippen molar-refractivity contribution in [1.82, 2.24) is 4.90 Å². The van der Waals surface area contributed by atoms with Gasteiger partial charge in [0.15, 0.2) is 0 Å². The van der Waals surface area contributed by atoms with Crippen LogP contribution in [0.3, 0.4) is 0 Å². The number of amides is 1. The first-order valence-corrected chi connectivity index (χ1v) is 8.27. The summed E-state index contributed by atoms with van der Waals surface area (Å²) in [6.07, 6.45) is 7.03. The van der Waals surface area contributed by atoms with Crippen molar-refractivity contribution in [2.24, 2.45) is 5.92 Å². The number of ether oxygens (including phenoxy) is 1. The zero-order chi connectivity index (χ0) is 14.5. The molecular formula is C18H25NO2. The summed E-state index contributed by atoms with van der Waals surface area (Å²) < 4.78 is 5.42. The highest BCUT2D eigenvalue weighted by atomic mass is 16.5. The van der Waals surface area contributed by atoms with Crippen molar-refractivity contribution in [3.05, 3.63) is 35.9 Å². The van der Waals surface area contributed by atoms with Gasteiger partial charge in [-0.1, -0.05) is 49.6 Å². The minimum atomic E-state index is 0.0793. The molecule has 1 aromatic rings. The van der Waals surface area contributed by atoms with Gasteiger partial charge in [0.1, 0.15) is 0 Å². The first kappa shape index (κ1) is 14.6. The standard InChI is InChI=1S/C18H25NO2/c20-18(16-11-12-21-14-16)19(17-9-5-2-6-10-17)13-15-7-3-1-4-8-15/h1,3-4,7-8,16-17H,2,5-6,9-14H2. The maximum atomic E-state index is 12.9. The minimum absolute atomic E-state index is 0.0793. The average Bonchev–Trinajstić information content (AvgIpc) is 3.08. The van der Waals surface area contributed by atoms with Gasteiger partial charge in [-0.2, -0.15) is 0 Å². The van der Waals surface area contributed by atoms with Crippen LogP contribution in [0.5, 0.6) is 0 Å². The van der Waals surface area contributed by atoms with E-state index >= 15 is 0 Å². The van der Waals surface area contributed by atoms with Gasteiger partial charge in [-0.05, 0) is 24.8 Å². The smallest absolute Gasteiger partial charge is 0.228 e. The first-order valence-electron chi connectivity index (χ1n) is 8.27. The van der Waals surface area contributed by atoms with Crippen LogP contribution < -0.4 is 0 Å². The first-order chi connectivity index (χ1) is 10.3. The Morgan fingerprint density at radius 1 is 1.10 bits per heavy atom. The van der Waals surface area contributed by atoms with Gasteiger partial charge in [0.25, 0.3) is 0 Å². The maximum Gasteiger partial charge on any atom is 0.228 e. The monoisotopic (exact) mass is 287 g/mol. The second kappa shape index (κ2) is 7.08. The van der Waals surface area contributed by atoms with Crippen LogP contribution >= 0.6 is 0 Å². The Hall–Kier alpha value is -1.35. The number of benzene rings is 1. The van der Waals surface area contributed by atoms with E-state index in [4.69, 9.17) is 4.74 Å². The van der Waals surface area contributed by atoms with E-state index in [1.807, 2.05) is 6.07 Å². The van der Waals surface area contributed by atoms with Crippen molar-refractivity contribution >= 4 is 5.91 Å². The van der Waals surface area contributed by atoms with Gasteiger partial charge in [-0.25, -0.2) is 0 Å². The predicted octanol–water partition coefficient (Wildman–Crippen LogP) is 3.38. The molecule has 1 aliphatic carbocycles. The molecule has 21 heavy (non-hydrogen) atoms. The number of rotatable bonds is 4. The van der Waals surface area contributed by atoms with Gasteiger partial charge >= 0.3 is 0 Å². The highest BCUT2D eigenvalue weighted by molar-refractivity contribution is 5.79. The van der Waals surface area contributed by atoms with Crippen molar-refractivity contribution in [3.63, 3.8) is 0 Å². The van der Waals surface area contributed by atoms with Gasteiger partial charge in [0.05, 0.1) is 12.5 Å². The molecule has 1 aliphatic heterocycles. The van der Waals surface area contributed by atoms with E-state index in [-0.39, 0.29) is 5.92 Å². The highest BCUT2D eigenvalue weighted by Gasteiger charge is 2.32. The van der Waals surface area contributed by atoms with Crippen LogP contribution in [0, 0.1) is 5.92 Å². The maximum absolute atomic E-state index is 12.9. The van der Waals surface area contributed by atoms with Gasteiger partial charge in [0, 0.05) is 19.2 Å². The fraction of sp³-hybridized carbons (Fsp3) is 0.611. The van der Waals surface area contributed by atoms with Gasteiger partial charge in [-0.3, -0.25) is 4.79 Å². The molecule has 114 valence electrons. The molecule has 2 aliphatic rings. The number of carbonyl (C=O) groups excluding carboxylic acids is 1. The largest absolute Gasteiger partial charge is 0.381 e.